The average Bonchev–Trinajstić information content (AvgIpc) is 2.60. The van der Waals surface area contributed by atoms with Crippen molar-refractivity contribution < 1.29 is 13.2 Å². The summed E-state index contributed by atoms with van der Waals surface area (Å²) in [5, 5.41) is 0. The van der Waals surface area contributed by atoms with Crippen LogP contribution in [0.5, 0.6) is 0 Å². The highest BCUT2D eigenvalue weighted by molar-refractivity contribution is 7.89. The van der Waals surface area contributed by atoms with E-state index in [1.165, 1.54) is 0 Å². The van der Waals surface area contributed by atoms with E-state index < -0.39 is 16.1 Å². The molecule has 0 unspecified atom stereocenters. The van der Waals surface area contributed by atoms with Gasteiger partial charge in [-0.15, -0.1) is 0 Å². The molecule has 0 radical (unpaired) electrons. The zero-order chi connectivity index (χ0) is 19.3. The molecule has 2 aromatic rings. The summed E-state index contributed by atoms with van der Waals surface area (Å²) in [6.07, 6.45) is 0. The number of nitrogens with zero attached hydrogens (tertiary/aromatic N) is 1. The largest absolute Gasteiger partial charge is 0.340 e. The van der Waals surface area contributed by atoms with Gasteiger partial charge < -0.3 is 4.90 Å². The summed E-state index contributed by atoms with van der Waals surface area (Å²) in [4.78, 5) is 14.6. The maximum absolute atomic E-state index is 12.9. The number of sulfonamides is 1. The molecular weight excluding hydrogens is 348 g/mol. The Hall–Kier alpha value is -2.18. The molecule has 2 rings (SSSR count). The first-order valence-electron chi connectivity index (χ1n) is 8.58. The molecule has 0 bridgehead atoms. The standard InChI is InChI=1S/C20H26N2O3S/c1-15(2)19(20(23)22(4)14-17-8-6-5-7-9-17)21-26(24,25)18-12-10-16(3)11-13-18/h5-13,15,19,21H,14H2,1-4H3/t19-/m0/s1. The number of aryl methyl sites for hydroxylation is 1. The van der Waals surface area contributed by atoms with Gasteiger partial charge in [-0.05, 0) is 30.5 Å². The van der Waals surface area contributed by atoms with Crippen LogP contribution in [0.4, 0.5) is 0 Å². The number of carbonyl (C=O) groups excluding carboxylic acids is 1. The van der Waals surface area contributed by atoms with Crippen molar-refractivity contribution in [3.63, 3.8) is 0 Å². The summed E-state index contributed by atoms with van der Waals surface area (Å²) < 4.78 is 27.9. The predicted molar refractivity (Wildman–Crippen MR) is 103 cm³/mol. The Morgan fingerprint density at radius 2 is 1.62 bits per heavy atom. The Balaban J connectivity index is 2.17. The quantitative estimate of drug-likeness (QED) is 0.810. The maximum atomic E-state index is 12.9. The fraction of sp³-hybridized carbons (Fsp3) is 0.350. The lowest BCUT2D eigenvalue weighted by Gasteiger charge is -2.27. The number of rotatable bonds is 7. The van der Waals surface area contributed by atoms with E-state index in [9.17, 15) is 13.2 Å². The van der Waals surface area contributed by atoms with Gasteiger partial charge in [0.2, 0.25) is 15.9 Å². The van der Waals surface area contributed by atoms with E-state index in [0.29, 0.717) is 6.54 Å². The minimum atomic E-state index is -3.77. The van der Waals surface area contributed by atoms with Gasteiger partial charge in [0.15, 0.2) is 0 Å². The molecule has 1 atom stereocenters. The summed E-state index contributed by atoms with van der Waals surface area (Å²) in [6, 6.07) is 15.4. The first kappa shape index (κ1) is 20.1. The molecule has 5 nitrogen and oxygen atoms in total. The molecule has 26 heavy (non-hydrogen) atoms. The lowest BCUT2D eigenvalue weighted by molar-refractivity contribution is -0.133. The van der Waals surface area contributed by atoms with Gasteiger partial charge in [0, 0.05) is 13.6 Å². The van der Waals surface area contributed by atoms with Crippen LogP contribution < -0.4 is 4.72 Å². The van der Waals surface area contributed by atoms with Crippen LogP contribution >= 0.6 is 0 Å². The number of likely N-dealkylation sites (N-methyl/N-ethyl adjacent to an activating group) is 1. The molecule has 0 aliphatic rings. The van der Waals surface area contributed by atoms with Crippen molar-refractivity contribution in [2.45, 2.75) is 38.3 Å². The third kappa shape index (κ3) is 5.16. The lowest BCUT2D eigenvalue weighted by atomic mass is 10.0. The van der Waals surface area contributed by atoms with Crippen molar-refractivity contribution in [3.8, 4) is 0 Å². The molecule has 0 aliphatic heterocycles. The molecule has 140 valence electrons. The molecule has 0 aromatic heterocycles. The van der Waals surface area contributed by atoms with Gasteiger partial charge in [0.25, 0.3) is 0 Å². The van der Waals surface area contributed by atoms with E-state index in [0.717, 1.165) is 11.1 Å². The zero-order valence-electron chi connectivity index (χ0n) is 15.6. The fourth-order valence-electron chi connectivity index (χ4n) is 2.60. The second kappa shape index (κ2) is 8.47. The molecule has 0 fully saturated rings. The molecule has 0 heterocycles. The van der Waals surface area contributed by atoms with Crippen molar-refractivity contribution in [3.05, 3.63) is 65.7 Å². The van der Waals surface area contributed by atoms with Crippen molar-refractivity contribution >= 4 is 15.9 Å². The Bertz CT molecular complexity index is 831. The molecule has 0 spiro atoms. The van der Waals surface area contributed by atoms with E-state index in [2.05, 4.69) is 4.72 Å². The summed E-state index contributed by atoms with van der Waals surface area (Å²) in [5.41, 5.74) is 1.97. The molecule has 0 saturated heterocycles. The third-order valence-corrected chi connectivity index (χ3v) is 5.64. The van der Waals surface area contributed by atoms with E-state index in [1.807, 2.05) is 51.1 Å². The summed E-state index contributed by atoms with van der Waals surface area (Å²) in [7, 11) is -2.08. The highest BCUT2D eigenvalue weighted by Gasteiger charge is 2.30. The van der Waals surface area contributed by atoms with Crippen LogP contribution in [-0.4, -0.2) is 32.3 Å². The number of nitrogens with one attached hydrogen (secondary N) is 1. The Kier molecular flexibility index (Phi) is 6.56. The monoisotopic (exact) mass is 374 g/mol. The Morgan fingerprint density at radius 1 is 1.04 bits per heavy atom. The average molecular weight is 375 g/mol. The minimum absolute atomic E-state index is 0.160. The van der Waals surface area contributed by atoms with Gasteiger partial charge in [-0.1, -0.05) is 61.9 Å². The van der Waals surface area contributed by atoms with Crippen molar-refractivity contribution in [2.24, 2.45) is 5.92 Å². The topological polar surface area (TPSA) is 66.5 Å². The van der Waals surface area contributed by atoms with E-state index in [-0.39, 0.29) is 16.7 Å². The summed E-state index contributed by atoms with van der Waals surface area (Å²) in [6.45, 7) is 5.98. The van der Waals surface area contributed by atoms with Gasteiger partial charge in [-0.2, -0.15) is 4.72 Å². The van der Waals surface area contributed by atoms with Crippen LogP contribution in [0.15, 0.2) is 59.5 Å². The van der Waals surface area contributed by atoms with E-state index >= 15 is 0 Å². The zero-order valence-corrected chi connectivity index (χ0v) is 16.5. The second-order valence-corrected chi connectivity index (χ2v) is 8.55. The molecule has 6 heteroatoms. The first-order chi connectivity index (χ1) is 12.2. The first-order valence-corrected chi connectivity index (χ1v) is 10.1. The number of carbonyl (C=O) groups is 1. The molecule has 2 aromatic carbocycles. The van der Waals surface area contributed by atoms with Crippen LogP contribution in [0, 0.1) is 12.8 Å². The molecule has 0 saturated carbocycles. The van der Waals surface area contributed by atoms with Gasteiger partial charge >= 0.3 is 0 Å². The predicted octanol–water partition coefficient (Wildman–Crippen LogP) is 2.96. The Morgan fingerprint density at radius 3 is 2.15 bits per heavy atom. The Labute approximate surface area is 156 Å². The highest BCUT2D eigenvalue weighted by Crippen LogP contribution is 2.15. The molecule has 1 amide bonds. The van der Waals surface area contributed by atoms with Crippen LogP contribution in [0.25, 0.3) is 0 Å². The maximum Gasteiger partial charge on any atom is 0.241 e. The smallest absolute Gasteiger partial charge is 0.241 e. The van der Waals surface area contributed by atoms with Gasteiger partial charge in [-0.3, -0.25) is 4.79 Å². The van der Waals surface area contributed by atoms with Crippen LogP contribution in [0.3, 0.4) is 0 Å². The van der Waals surface area contributed by atoms with Crippen molar-refractivity contribution in [1.82, 2.24) is 9.62 Å². The second-order valence-electron chi connectivity index (χ2n) is 6.84. The highest BCUT2D eigenvalue weighted by atomic mass is 32.2. The van der Waals surface area contributed by atoms with Crippen molar-refractivity contribution in [2.75, 3.05) is 7.05 Å². The normalized spacial score (nSPS) is 12.8. The van der Waals surface area contributed by atoms with Crippen LogP contribution in [-0.2, 0) is 21.4 Å². The minimum Gasteiger partial charge on any atom is -0.340 e. The lowest BCUT2D eigenvalue weighted by Crippen LogP contribution is -2.49. The molecule has 0 aliphatic carbocycles. The van der Waals surface area contributed by atoms with Crippen LogP contribution in [0.2, 0.25) is 0 Å². The van der Waals surface area contributed by atoms with E-state index in [4.69, 9.17) is 0 Å². The summed E-state index contributed by atoms with van der Waals surface area (Å²) in [5.74, 6) is -0.430. The number of amides is 1. The third-order valence-electron chi connectivity index (χ3n) is 4.18. The molecular formula is C20H26N2O3S. The number of hydrogen-bond acceptors (Lipinski definition) is 3. The fourth-order valence-corrected chi connectivity index (χ4v) is 3.93. The van der Waals surface area contributed by atoms with Gasteiger partial charge in [0.05, 0.1) is 4.90 Å². The number of benzene rings is 2. The van der Waals surface area contributed by atoms with Crippen LogP contribution in [0.1, 0.15) is 25.0 Å². The van der Waals surface area contributed by atoms with Gasteiger partial charge in [-0.25, -0.2) is 8.42 Å². The van der Waals surface area contributed by atoms with Gasteiger partial charge in [0.1, 0.15) is 6.04 Å². The SMILES string of the molecule is Cc1ccc(S(=O)(=O)N[C@H](C(=O)N(C)Cc2ccccc2)C(C)C)cc1. The van der Waals surface area contributed by atoms with E-state index in [1.54, 1.807) is 36.2 Å². The molecule has 1 N–H and O–H groups in total. The summed E-state index contributed by atoms with van der Waals surface area (Å²) >= 11 is 0. The number of hydrogen-bond donors (Lipinski definition) is 1. The van der Waals surface area contributed by atoms with Crippen molar-refractivity contribution in [1.29, 1.82) is 0 Å².